The van der Waals surface area contributed by atoms with Gasteiger partial charge in [0, 0.05) is 6.54 Å². The summed E-state index contributed by atoms with van der Waals surface area (Å²) in [5.41, 5.74) is 0.783. The zero-order valence-corrected chi connectivity index (χ0v) is 9.00. The van der Waals surface area contributed by atoms with Crippen molar-refractivity contribution >= 4 is 12.0 Å². The Bertz CT molecular complexity index is 187. The van der Waals surface area contributed by atoms with Gasteiger partial charge < -0.3 is 0 Å². The quantitative estimate of drug-likeness (QED) is 0.591. The largest absolute Gasteiger partial charge is 0.297 e. The topological polar surface area (TPSA) is 29.4 Å². The fraction of sp³-hybridized carbons (Fsp3) is 0.833. The van der Waals surface area contributed by atoms with E-state index in [2.05, 4.69) is 4.99 Å². The minimum absolute atomic E-state index is 0.783. The molecular formula is C12H21NO. The Balaban J connectivity index is 2.33. The number of nitrogens with zero attached hydrogens (tertiary/aromatic N) is 1. The van der Waals surface area contributed by atoms with E-state index in [-0.39, 0.29) is 0 Å². The van der Waals surface area contributed by atoms with E-state index in [0.717, 1.165) is 37.8 Å². The van der Waals surface area contributed by atoms with Crippen LogP contribution in [0.3, 0.4) is 0 Å². The molecule has 0 unspecified atom stereocenters. The highest BCUT2D eigenvalue weighted by Crippen LogP contribution is 2.11. The highest BCUT2D eigenvalue weighted by atomic mass is 16.1. The van der Waals surface area contributed by atoms with E-state index >= 15 is 0 Å². The van der Waals surface area contributed by atoms with Gasteiger partial charge in [-0.2, -0.15) is 0 Å². The van der Waals surface area contributed by atoms with Crippen LogP contribution in [0.4, 0.5) is 0 Å². The van der Waals surface area contributed by atoms with Crippen LogP contribution in [-0.2, 0) is 4.79 Å². The number of carbonyl (C=O) groups is 1. The van der Waals surface area contributed by atoms with E-state index in [1.54, 1.807) is 0 Å². The highest BCUT2D eigenvalue weighted by Gasteiger charge is 1.99. The predicted molar refractivity (Wildman–Crippen MR) is 59.9 cm³/mol. The van der Waals surface area contributed by atoms with Crippen LogP contribution in [0.15, 0.2) is 4.99 Å². The molecule has 0 saturated heterocycles. The molecule has 0 radical (unpaired) electrons. The summed E-state index contributed by atoms with van der Waals surface area (Å²) in [7, 11) is 0. The van der Waals surface area contributed by atoms with Gasteiger partial charge in [-0.25, -0.2) is 0 Å². The standard InChI is InChI=1S/C12H21NO/c14-11-12-9-7-5-3-1-2-4-6-8-10-13-12/h11H,1-10H2. The monoisotopic (exact) mass is 195 g/mol. The average molecular weight is 195 g/mol. The summed E-state index contributed by atoms with van der Waals surface area (Å²) in [5, 5.41) is 0. The van der Waals surface area contributed by atoms with E-state index in [9.17, 15) is 4.79 Å². The van der Waals surface area contributed by atoms with E-state index in [1.165, 1.54) is 38.5 Å². The maximum absolute atomic E-state index is 10.6. The zero-order valence-electron chi connectivity index (χ0n) is 9.00. The number of carbonyl (C=O) groups excluding carboxylic acids is 1. The van der Waals surface area contributed by atoms with Gasteiger partial charge in [0.2, 0.25) is 0 Å². The van der Waals surface area contributed by atoms with Crippen molar-refractivity contribution in [3.63, 3.8) is 0 Å². The summed E-state index contributed by atoms with van der Waals surface area (Å²) in [6.45, 7) is 0.855. The van der Waals surface area contributed by atoms with Crippen molar-refractivity contribution < 1.29 is 4.79 Å². The van der Waals surface area contributed by atoms with E-state index in [0.29, 0.717) is 0 Å². The summed E-state index contributed by atoms with van der Waals surface area (Å²) in [4.78, 5) is 15.0. The van der Waals surface area contributed by atoms with Gasteiger partial charge in [-0.05, 0) is 19.3 Å². The smallest absolute Gasteiger partial charge is 0.163 e. The molecule has 0 fully saturated rings. The van der Waals surface area contributed by atoms with Crippen molar-refractivity contribution in [1.29, 1.82) is 0 Å². The fourth-order valence-electron chi connectivity index (χ4n) is 1.88. The van der Waals surface area contributed by atoms with Gasteiger partial charge in [0.05, 0.1) is 5.71 Å². The molecule has 0 aliphatic carbocycles. The van der Waals surface area contributed by atoms with Crippen molar-refractivity contribution in [3.8, 4) is 0 Å². The molecule has 80 valence electrons. The van der Waals surface area contributed by atoms with Gasteiger partial charge in [-0.3, -0.25) is 9.79 Å². The minimum atomic E-state index is 0.783. The Kier molecular flexibility index (Phi) is 6.29. The molecule has 0 atom stereocenters. The molecule has 0 saturated carbocycles. The molecule has 0 aromatic carbocycles. The van der Waals surface area contributed by atoms with Crippen LogP contribution in [0, 0.1) is 0 Å². The first-order chi connectivity index (χ1) is 6.93. The van der Waals surface area contributed by atoms with Crippen LogP contribution in [0.25, 0.3) is 0 Å². The van der Waals surface area contributed by atoms with E-state index in [4.69, 9.17) is 0 Å². The molecule has 2 heteroatoms. The Morgan fingerprint density at radius 2 is 1.43 bits per heavy atom. The molecule has 0 aromatic heterocycles. The lowest BCUT2D eigenvalue weighted by molar-refractivity contribution is -0.102. The molecular weight excluding hydrogens is 174 g/mol. The predicted octanol–water partition coefficient (Wildman–Crippen LogP) is 3.15. The van der Waals surface area contributed by atoms with Gasteiger partial charge in [0.25, 0.3) is 0 Å². The molecule has 0 aromatic rings. The highest BCUT2D eigenvalue weighted by molar-refractivity contribution is 6.28. The van der Waals surface area contributed by atoms with Crippen molar-refractivity contribution in [1.82, 2.24) is 0 Å². The van der Waals surface area contributed by atoms with Gasteiger partial charge in [0.15, 0.2) is 6.29 Å². The van der Waals surface area contributed by atoms with Gasteiger partial charge in [0.1, 0.15) is 0 Å². The number of hydrogen-bond acceptors (Lipinski definition) is 2. The summed E-state index contributed by atoms with van der Waals surface area (Å²) in [6, 6.07) is 0. The molecule has 0 N–H and O–H groups in total. The molecule has 2 nitrogen and oxygen atoms in total. The maximum Gasteiger partial charge on any atom is 0.163 e. The van der Waals surface area contributed by atoms with E-state index < -0.39 is 0 Å². The van der Waals surface area contributed by atoms with Crippen molar-refractivity contribution in [2.45, 2.75) is 57.8 Å². The Morgan fingerprint density at radius 1 is 0.857 bits per heavy atom. The second-order valence-corrected chi connectivity index (χ2v) is 4.07. The third-order valence-electron chi connectivity index (χ3n) is 2.79. The van der Waals surface area contributed by atoms with Crippen LogP contribution in [0.1, 0.15) is 57.8 Å². The molecule has 14 heavy (non-hydrogen) atoms. The van der Waals surface area contributed by atoms with Crippen molar-refractivity contribution in [2.75, 3.05) is 6.54 Å². The number of aliphatic imine (C=N–C) groups is 1. The first-order valence-electron chi connectivity index (χ1n) is 5.92. The van der Waals surface area contributed by atoms with Gasteiger partial charge in [-0.1, -0.05) is 38.5 Å². The third-order valence-corrected chi connectivity index (χ3v) is 2.79. The minimum Gasteiger partial charge on any atom is -0.297 e. The lowest BCUT2D eigenvalue weighted by Crippen LogP contribution is -2.02. The van der Waals surface area contributed by atoms with Gasteiger partial charge in [-0.15, -0.1) is 0 Å². The molecule has 1 heterocycles. The van der Waals surface area contributed by atoms with Crippen LogP contribution in [0.5, 0.6) is 0 Å². The number of aldehydes is 1. The number of rotatable bonds is 1. The molecule has 0 bridgehead atoms. The SMILES string of the molecule is O=CC1=NCCCCCCCCCC1. The Morgan fingerprint density at radius 3 is 2.07 bits per heavy atom. The molecule has 0 amide bonds. The van der Waals surface area contributed by atoms with Gasteiger partial charge >= 0.3 is 0 Å². The summed E-state index contributed by atoms with van der Waals surface area (Å²) >= 11 is 0. The van der Waals surface area contributed by atoms with E-state index in [1.807, 2.05) is 0 Å². The second-order valence-electron chi connectivity index (χ2n) is 4.07. The van der Waals surface area contributed by atoms with Crippen LogP contribution in [-0.4, -0.2) is 18.5 Å². The lowest BCUT2D eigenvalue weighted by Gasteiger charge is -2.04. The van der Waals surface area contributed by atoms with Crippen LogP contribution < -0.4 is 0 Å². The maximum atomic E-state index is 10.6. The molecule has 1 aliphatic rings. The first kappa shape index (κ1) is 11.4. The zero-order chi connectivity index (χ0) is 10.1. The van der Waals surface area contributed by atoms with Crippen molar-refractivity contribution in [2.24, 2.45) is 4.99 Å². The van der Waals surface area contributed by atoms with Crippen molar-refractivity contribution in [3.05, 3.63) is 0 Å². The average Bonchev–Trinajstić information content (AvgIpc) is 2.19. The molecule has 0 spiro atoms. The summed E-state index contributed by atoms with van der Waals surface area (Å²) in [5.74, 6) is 0. The summed E-state index contributed by atoms with van der Waals surface area (Å²) in [6.07, 6.45) is 12.1. The molecule has 1 rings (SSSR count). The number of hydrogen-bond donors (Lipinski definition) is 0. The summed E-state index contributed by atoms with van der Waals surface area (Å²) < 4.78 is 0. The van der Waals surface area contributed by atoms with Crippen LogP contribution in [0.2, 0.25) is 0 Å². The first-order valence-corrected chi connectivity index (χ1v) is 5.92. The fourth-order valence-corrected chi connectivity index (χ4v) is 1.88. The lowest BCUT2D eigenvalue weighted by atomic mass is 10.1. The van der Waals surface area contributed by atoms with Crippen LogP contribution >= 0.6 is 0 Å². The second kappa shape index (κ2) is 7.72. The Labute approximate surface area is 86.8 Å². The third kappa shape index (κ3) is 5.15. The molecule has 1 aliphatic heterocycles. The normalized spacial score (nSPS) is 21.6. The Hall–Kier alpha value is -0.660.